The smallest absolute Gasteiger partial charge is 0.345 e. The predicted octanol–water partition coefficient (Wildman–Crippen LogP) is 1.58. The van der Waals surface area contributed by atoms with E-state index >= 15 is 0 Å². The van der Waals surface area contributed by atoms with Gasteiger partial charge in [-0.1, -0.05) is 0 Å². The van der Waals surface area contributed by atoms with Crippen LogP contribution in [-0.4, -0.2) is 50.6 Å². The molecule has 1 saturated carbocycles. The zero-order chi connectivity index (χ0) is 14.9. The molecule has 112 valence electrons. The van der Waals surface area contributed by atoms with Crippen molar-refractivity contribution < 1.29 is 18.3 Å². The molecule has 0 saturated heterocycles. The van der Waals surface area contributed by atoms with Crippen LogP contribution in [0.15, 0.2) is 14.7 Å². The van der Waals surface area contributed by atoms with Crippen molar-refractivity contribution in [3.63, 3.8) is 0 Å². The number of hydrogen-bond donors (Lipinski definition) is 2. The summed E-state index contributed by atoms with van der Waals surface area (Å²) in [6.45, 7) is 0.942. The summed E-state index contributed by atoms with van der Waals surface area (Å²) in [5.41, 5.74) is 0. The molecule has 6 nitrogen and oxygen atoms in total. The van der Waals surface area contributed by atoms with Crippen LogP contribution in [-0.2, 0) is 10.0 Å². The normalized spacial score (nSPS) is 15.8. The van der Waals surface area contributed by atoms with Gasteiger partial charge in [-0.15, -0.1) is 11.3 Å². The van der Waals surface area contributed by atoms with Gasteiger partial charge in [0.2, 0.25) is 10.0 Å². The minimum absolute atomic E-state index is 0.00708. The highest BCUT2D eigenvalue weighted by atomic mass is 79.9. The third kappa shape index (κ3) is 3.79. The topological polar surface area (TPSA) is 86.7 Å². The van der Waals surface area contributed by atoms with E-state index in [0.29, 0.717) is 22.9 Å². The minimum Gasteiger partial charge on any atom is -0.477 e. The van der Waals surface area contributed by atoms with Crippen LogP contribution in [0.2, 0.25) is 0 Å². The summed E-state index contributed by atoms with van der Waals surface area (Å²) in [5, 5.41) is 8.87. The van der Waals surface area contributed by atoms with E-state index in [9.17, 15) is 13.2 Å². The number of sulfonamides is 1. The third-order valence-electron chi connectivity index (χ3n) is 3.08. The average Bonchev–Trinajstić information content (AvgIpc) is 3.11. The van der Waals surface area contributed by atoms with E-state index in [1.807, 2.05) is 7.05 Å². The molecule has 2 rings (SSSR count). The lowest BCUT2D eigenvalue weighted by Crippen LogP contribution is -2.33. The van der Waals surface area contributed by atoms with Crippen LogP contribution in [0.4, 0.5) is 0 Å². The van der Waals surface area contributed by atoms with Crippen LogP contribution in [0.25, 0.3) is 0 Å². The number of likely N-dealkylation sites (N-methyl/N-ethyl adjacent to an activating group) is 1. The molecule has 1 aromatic heterocycles. The van der Waals surface area contributed by atoms with Gasteiger partial charge < -0.3 is 10.0 Å². The second-order valence-electron chi connectivity index (χ2n) is 4.66. The molecule has 0 unspecified atom stereocenters. The maximum absolute atomic E-state index is 12.1. The maximum atomic E-state index is 12.1. The van der Waals surface area contributed by atoms with Crippen molar-refractivity contribution >= 4 is 43.3 Å². The molecule has 0 amide bonds. The van der Waals surface area contributed by atoms with E-state index in [4.69, 9.17) is 5.11 Å². The monoisotopic (exact) mass is 382 g/mol. The summed E-state index contributed by atoms with van der Waals surface area (Å²) in [7, 11) is -1.71. The molecule has 20 heavy (non-hydrogen) atoms. The molecular formula is C11H15BrN2O4S2. The number of carboxylic acids is 1. The Morgan fingerprint density at radius 3 is 2.75 bits per heavy atom. The van der Waals surface area contributed by atoms with Crippen molar-refractivity contribution in [2.45, 2.75) is 23.8 Å². The van der Waals surface area contributed by atoms with Crippen LogP contribution >= 0.6 is 27.3 Å². The van der Waals surface area contributed by atoms with Crippen molar-refractivity contribution in [2.24, 2.45) is 0 Å². The van der Waals surface area contributed by atoms with Gasteiger partial charge in [0.05, 0.1) is 3.79 Å². The Labute approximate surface area is 130 Å². The van der Waals surface area contributed by atoms with E-state index in [2.05, 4.69) is 25.6 Å². The highest BCUT2D eigenvalue weighted by Crippen LogP contribution is 2.31. The summed E-state index contributed by atoms with van der Waals surface area (Å²) >= 11 is 3.99. The summed E-state index contributed by atoms with van der Waals surface area (Å²) in [5.74, 6) is -1.13. The van der Waals surface area contributed by atoms with Crippen molar-refractivity contribution in [2.75, 3.05) is 20.1 Å². The molecular weight excluding hydrogens is 368 g/mol. The molecule has 1 heterocycles. The van der Waals surface area contributed by atoms with Gasteiger partial charge in [-0.25, -0.2) is 17.9 Å². The average molecular weight is 383 g/mol. The second kappa shape index (κ2) is 6.10. The van der Waals surface area contributed by atoms with Gasteiger partial charge in [-0.05, 0) is 41.9 Å². The van der Waals surface area contributed by atoms with Crippen LogP contribution in [0.3, 0.4) is 0 Å². The first-order chi connectivity index (χ1) is 9.31. The van der Waals surface area contributed by atoms with Crippen LogP contribution in [0, 0.1) is 0 Å². The van der Waals surface area contributed by atoms with Gasteiger partial charge in [-0.3, -0.25) is 0 Å². The SMILES string of the molecule is CN(CCNS(=O)(=O)c1cc(C(=O)O)sc1Br)C1CC1. The molecule has 1 aromatic rings. The fourth-order valence-corrected chi connectivity index (χ4v) is 5.19. The lowest BCUT2D eigenvalue weighted by atomic mass is 10.5. The summed E-state index contributed by atoms with van der Waals surface area (Å²) in [6, 6.07) is 1.75. The lowest BCUT2D eigenvalue weighted by Gasteiger charge is -2.15. The number of aromatic carboxylic acids is 1. The predicted molar refractivity (Wildman–Crippen MR) is 79.8 cm³/mol. The fourth-order valence-electron chi connectivity index (χ4n) is 1.77. The molecule has 0 radical (unpaired) electrons. The first kappa shape index (κ1) is 15.9. The molecule has 1 aliphatic carbocycles. The van der Waals surface area contributed by atoms with Crippen LogP contribution in [0.1, 0.15) is 22.5 Å². The number of rotatable bonds is 7. The van der Waals surface area contributed by atoms with Gasteiger partial charge >= 0.3 is 5.97 Å². The van der Waals surface area contributed by atoms with E-state index in [0.717, 1.165) is 11.3 Å². The Balaban J connectivity index is 2.00. The first-order valence-electron chi connectivity index (χ1n) is 6.04. The Hall–Kier alpha value is -0.480. The van der Waals surface area contributed by atoms with Crippen LogP contribution in [0.5, 0.6) is 0 Å². The maximum Gasteiger partial charge on any atom is 0.345 e. The number of thiophene rings is 1. The number of carbonyl (C=O) groups is 1. The largest absolute Gasteiger partial charge is 0.477 e. The van der Waals surface area contributed by atoms with E-state index in [-0.39, 0.29) is 9.77 Å². The zero-order valence-corrected chi connectivity index (χ0v) is 14.0. The number of nitrogens with one attached hydrogen (secondary N) is 1. The van der Waals surface area contributed by atoms with Crippen molar-refractivity contribution in [1.82, 2.24) is 9.62 Å². The zero-order valence-electron chi connectivity index (χ0n) is 10.8. The lowest BCUT2D eigenvalue weighted by molar-refractivity contribution is 0.0702. The van der Waals surface area contributed by atoms with Gasteiger partial charge in [0.15, 0.2) is 0 Å². The fraction of sp³-hybridized carbons (Fsp3) is 0.545. The molecule has 0 bridgehead atoms. The van der Waals surface area contributed by atoms with Gasteiger partial charge in [0.25, 0.3) is 0 Å². The van der Waals surface area contributed by atoms with E-state index < -0.39 is 16.0 Å². The molecule has 0 aliphatic heterocycles. The minimum atomic E-state index is -3.68. The van der Waals surface area contributed by atoms with Crippen molar-refractivity contribution in [3.05, 3.63) is 14.7 Å². The van der Waals surface area contributed by atoms with Crippen LogP contribution < -0.4 is 4.72 Å². The molecule has 9 heteroatoms. The standard InChI is InChI=1S/C11H15BrN2O4S2/c1-14(7-2-3-7)5-4-13-20(17,18)9-6-8(11(15)16)19-10(9)12/h6-7,13H,2-5H2,1H3,(H,15,16). The van der Waals surface area contributed by atoms with Gasteiger partial charge in [0, 0.05) is 19.1 Å². The van der Waals surface area contributed by atoms with E-state index in [1.54, 1.807) is 0 Å². The summed E-state index contributed by atoms with van der Waals surface area (Å²) < 4.78 is 27.0. The molecule has 1 aliphatic rings. The summed E-state index contributed by atoms with van der Waals surface area (Å²) in [6.07, 6.45) is 2.34. The number of carboxylic acid groups (broad SMARTS) is 1. The quantitative estimate of drug-likeness (QED) is 0.747. The molecule has 2 N–H and O–H groups in total. The molecule has 0 spiro atoms. The number of halogens is 1. The van der Waals surface area contributed by atoms with E-state index in [1.165, 1.54) is 18.9 Å². The van der Waals surface area contributed by atoms with Gasteiger partial charge in [0.1, 0.15) is 9.77 Å². The first-order valence-corrected chi connectivity index (χ1v) is 9.13. The molecule has 0 atom stereocenters. The highest BCUT2D eigenvalue weighted by molar-refractivity contribution is 9.11. The second-order valence-corrected chi connectivity index (χ2v) is 8.77. The summed E-state index contributed by atoms with van der Waals surface area (Å²) in [4.78, 5) is 12.9. The number of nitrogens with zero attached hydrogens (tertiary/aromatic N) is 1. The van der Waals surface area contributed by atoms with Crippen molar-refractivity contribution in [3.8, 4) is 0 Å². The Kier molecular flexibility index (Phi) is 4.85. The molecule has 1 fully saturated rings. The Morgan fingerprint density at radius 1 is 1.60 bits per heavy atom. The third-order valence-corrected chi connectivity index (χ3v) is 6.78. The Morgan fingerprint density at radius 2 is 2.25 bits per heavy atom. The highest BCUT2D eigenvalue weighted by Gasteiger charge is 2.27. The number of hydrogen-bond acceptors (Lipinski definition) is 5. The van der Waals surface area contributed by atoms with Gasteiger partial charge in [-0.2, -0.15) is 0 Å². The molecule has 0 aromatic carbocycles. The van der Waals surface area contributed by atoms with Crippen molar-refractivity contribution in [1.29, 1.82) is 0 Å². The Bertz CT molecular complexity index is 610.